The van der Waals surface area contributed by atoms with E-state index in [4.69, 9.17) is 10.8 Å². The van der Waals surface area contributed by atoms with Gasteiger partial charge in [0.1, 0.15) is 5.75 Å². The van der Waals surface area contributed by atoms with Crippen LogP contribution in [0.1, 0.15) is 56.9 Å². The van der Waals surface area contributed by atoms with Crippen LogP contribution in [0.5, 0.6) is 5.75 Å². The number of pyridine rings is 1. The minimum Gasteiger partial charge on any atom is -0.508 e. The first-order valence-electron chi connectivity index (χ1n) is 15.0. The second-order valence-electron chi connectivity index (χ2n) is 12.2. The summed E-state index contributed by atoms with van der Waals surface area (Å²) in [6.45, 7) is 6.59. The van der Waals surface area contributed by atoms with Gasteiger partial charge in [-0.1, -0.05) is 57.2 Å². The fourth-order valence-electron chi connectivity index (χ4n) is 5.16. The van der Waals surface area contributed by atoms with E-state index in [2.05, 4.69) is 67.5 Å². The van der Waals surface area contributed by atoms with Gasteiger partial charge in [0, 0.05) is 29.3 Å². The van der Waals surface area contributed by atoms with Gasteiger partial charge in [-0.25, -0.2) is 4.68 Å². The van der Waals surface area contributed by atoms with Crippen LogP contribution >= 0.6 is 0 Å². The Labute approximate surface area is 257 Å². The summed E-state index contributed by atoms with van der Waals surface area (Å²) in [6, 6.07) is 26.4. The number of aromatic hydroxyl groups is 1. The maximum absolute atomic E-state index is 12.5. The lowest BCUT2D eigenvalue weighted by Gasteiger charge is -2.19. The van der Waals surface area contributed by atoms with Gasteiger partial charge in [-0.05, 0) is 90.8 Å². The molecule has 0 aliphatic rings. The maximum Gasteiger partial charge on any atom is 0.243 e. The molecule has 5 aromatic rings. The second-order valence-corrected chi connectivity index (χ2v) is 12.2. The summed E-state index contributed by atoms with van der Waals surface area (Å²) in [5.41, 5.74) is 13.0. The minimum absolute atomic E-state index is 0.0488. The van der Waals surface area contributed by atoms with Crippen LogP contribution in [-0.2, 0) is 27.8 Å². The highest BCUT2D eigenvalue weighted by molar-refractivity contribution is 5.97. The van der Waals surface area contributed by atoms with Crippen LogP contribution in [0.25, 0.3) is 27.8 Å². The SMILES string of the molecule is CC(C)(C)c1ccc(-n2nc(-c3ccc4ncccc4c3)cc2CCCCC(=O)NC(=O)[C@@H](N)Cc2ccc(O)cc2)cc1. The number of carbonyl (C=O) groups excluding carboxylic acids is 2. The second kappa shape index (κ2) is 13.2. The average molecular weight is 590 g/mol. The van der Waals surface area contributed by atoms with Gasteiger partial charge in [-0.3, -0.25) is 19.9 Å². The molecule has 3 aromatic carbocycles. The van der Waals surface area contributed by atoms with Gasteiger partial charge in [0.05, 0.1) is 22.9 Å². The first kappa shape index (κ1) is 30.6. The zero-order valence-electron chi connectivity index (χ0n) is 25.5. The molecule has 0 unspecified atom stereocenters. The van der Waals surface area contributed by atoms with Crippen molar-refractivity contribution in [3.8, 4) is 22.7 Å². The summed E-state index contributed by atoms with van der Waals surface area (Å²) in [7, 11) is 0. The molecule has 1 atom stereocenters. The number of amides is 2. The normalized spacial score (nSPS) is 12.3. The zero-order chi connectivity index (χ0) is 31.3. The Morgan fingerprint density at radius 3 is 2.43 bits per heavy atom. The van der Waals surface area contributed by atoms with Gasteiger partial charge in [0.25, 0.3) is 0 Å². The molecule has 0 bridgehead atoms. The van der Waals surface area contributed by atoms with Gasteiger partial charge in [-0.2, -0.15) is 5.10 Å². The number of imide groups is 1. The van der Waals surface area contributed by atoms with E-state index in [1.54, 1.807) is 30.5 Å². The number of nitrogens with zero attached hydrogens (tertiary/aromatic N) is 3. The number of phenolic OH excluding ortho intramolecular Hbond substituents is 1. The maximum atomic E-state index is 12.5. The van der Waals surface area contributed by atoms with Gasteiger partial charge >= 0.3 is 0 Å². The van der Waals surface area contributed by atoms with Crippen LogP contribution in [0.4, 0.5) is 0 Å². The Bertz CT molecular complexity index is 1750. The number of rotatable bonds is 10. The van der Waals surface area contributed by atoms with Crippen molar-refractivity contribution in [1.82, 2.24) is 20.1 Å². The van der Waals surface area contributed by atoms with Crippen molar-refractivity contribution in [2.75, 3.05) is 0 Å². The van der Waals surface area contributed by atoms with Gasteiger partial charge in [0.15, 0.2) is 0 Å². The molecule has 0 fully saturated rings. The Morgan fingerprint density at radius 1 is 0.955 bits per heavy atom. The third-order valence-electron chi connectivity index (χ3n) is 7.74. The molecule has 226 valence electrons. The van der Waals surface area contributed by atoms with E-state index in [1.165, 1.54) is 5.56 Å². The molecule has 2 heterocycles. The molecular formula is C36H39N5O3. The van der Waals surface area contributed by atoms with Crippen molar-refractivity contribution in [3.63, 3.8) is 0 Å². The van der Waals surface area contributed by atoms with Crippen molar-refractivity contribution in [3.05, 3.63) is 108 Å². The Hall–Kier alpha value is -4.82. The number of benzene rings is 3. The molecule has 8 heteroatoms. The fourth-order valence-corrected chi connectivity index (χ4v) is 5.16. The zero-order valence-corrected chi connectivity index (χ0v) is 25.5. The van der Waals surface area contributed by atoms with Crippen molar-refractivity contribution in [1.29, 1.82) is 0 Å². The number of aromatic nitrogens is 3. The predicted molar refractivity (Wildman–Crippen MR) is 173 cm³/mol. The number of unbranched alkanes of at least 4 members (excludes halogenated alkanes) is 1. The molecule has 0 aliphatic carbocycles. The first-order chi connectivity index (χ1) is 21.1. The lowest BCUT2D eigenvalue weighted by molar-refractivity contribution is -0.131. The minimum atomic E-state index is -0.855. The van der Waals surface area contributed by atoms with E-state index in [1.807, 2.05) is 28.9 Å². The summed E-state index contributed by atoms with van der Waals surface area (Å²) in [6.07, 6.45) is 4.35. The molecule has 0 radical (unpaired) electrons. The molecule has 2 aromatic heterocycles. The lowest BCUT2D eigenvalue weighted by atomic mass is 9.87. The summed E-state index contributed by atoms with van der Waals surface area (Å²) in [5, 5.41) is 17.9. The van der Waals surface area contributed by atoms with Crippen LogP contribution in [-0.4, -0.2) is 37.7 Å². The van der Waals surface area contributed by atoms with Crippen molar-refractivity contribution >= 4 is 22.7 Å². The van der Waals surface area contributed by atoms with Crippen LogP contribution in [0.15, 0.2) is 91.1 Å². The number of hydrogen-bond acceptors (Lipinski definition) is 6. The number of phenols is 1. The monoisotopic (exact) mass is 589 g/mol. The Morgan fingerprint density at radius 2 is 1.70 bits per heavy atom. The lowest BCUT2D eigenvalue weighted by Crippen LogP contribution is -2.44. The van der Waals surface area contributed by atoms with Gasteiger partial charge in [-0.15, -0.1) is 0 Å². The van der Waals surface area contributed by atoms with Crippen molar-refractivity contribution in [2.45, 2.75) is 64.3 Å². The van der Waals surface area contributed by atoms with Crippen molar-refractivity contribution < 1.29 is 14.7 Å². The van der Waals surface area contributed by atoms with Crippen LogP contribution in [0, 0.1) is 0 Å². The summed E-state index contributed by atoms with van der Waals surface area (Å²) in [4.78, 5) is 29.4. The number of nitrogens with two attached hydrogens (primary N) is 1. The Kier molecular flexibility index (Phi) is 9.20. The fraction of sp³-hybridized carbons (Fsp3) is 0.278. The summed E-state index contributed by atoms with van der Waals surface area (Å²) < 4.78 is 1.99. The third-order valence-corrected chi connectivity index (χ3v) is 7.74. The summed E-state index contributed by atoms with van der Waals surface area (Å²) in [5.74, 6) is -0.700. The van der Waals surface area contributed by atoms with Gasteiger partial charge in [0.2, 0.25) is 11.8 Å². The van der Waals surface area contributed by atoms with E-state index in [9.17, 15) is 14.7 Å². The molecule has 2 amide bonds. The number of aryl methyl sites for hydroxylation is 1. The topological polar surface area (TPSA) is 123 Å². The third kappa shape index (κ3) is 7.57. The number of fused-ring (bicyclic) bond motifs is 1. The van der Waals surface area contributed by atoms with Gasteiger partial charge < -0.3 is 10.8 Å². The molecule has 0 aliphatic heterocycles. The predicted octanol–water partition coefficient (Wildman–Crippen LogP) is 6.02. The number of carbonyl (C=O) groups is 2. The summed E-state index contributed by atoms with van der Waals surface area (Å²) >= 11 is 0. The van der Waals surface area contributed by atoms with Crippen LogP contribution in [0.2, 0.25) is 0 Å². The highest BCUT2D eigenvalue weighted by Gasteiger charge is 2.18. The molecule has 4 N–H and O–H groups in total. The molecule has 44 heavy (non-hydrogen) atoms. The average Bonchev–Trinajstić information content (AvgIpc) is 3.44. The standard InChI is InChI=1S/C36H39N5O3/c1-36(2,3)27-13-15-28(16-14-27)41-29(23-33(40-41)26-12-19-32-25(22-26)7-6-20-38-32)8-4-5-9-34(43)39-35(44)31(37)21-24-10-17-30(42)18-11-24/h6-7,10-20,22-23,31,42H,4-5,8-9,21,37H2,1-3H3,(H,39,43,44)/t31-/m0/s1. The number of nitrogens with one attached hydrogen (secondary N) is 1. The Balaban J connectivity index is 1.25. The molecule has 5 rings (SSSR count). The molecule has 0 saturated heterocycles. The smallest absolute Gasteiger partial charge is 0.243 e. The van der Waals surface area contributed by atoms with E-state index in [0.29, 0.717) is 12.8 Å². The van der Waals surface area contributed by atoms with Crippen LogP contribution in [0.3, 0.4) is 0 Å². The highest BCUT2D eigenvalue weighted by Crippen LogP contribution is 2.28. The van der Waals surface area contributed by atoms with E-state index < -0.39 is 11.9 Å². The molecule has 0 saturated carbocycles. The van der Waals surface area contributed by atoms with E-state index >= 15 is 0 Å². The highest BCUT2D eigenvalue weighted by atomic mass is 16.3. The molecule has 8 nitrogen and oxygen atoms in total. The number of hydrogen-bond donors (Lipinski definition) is 3. The largest absolute Gasteiger partial charge is 0.508 e. The van der Waals surface area contributed by atoms with Crippen molar-refractivity contribution in [2.24, 2.45) is 5.73 Å². The quantitative estimate of drug-likeness (QED) is 0.171. The van der Waals surface area contributed by atoms with E-state index in [-0.39, 0.29) is 29.9 Å². The molecular weight excluding hydrogens is 550 g/mol. The van der Waals surface area contributed by atoms with Crippen LogP contribution < -0.4 is 11.1 Å². The van der Waals surface area contributed by atoms with E-state index in [0.717, 1.165) is 45.5 Å². The first-order valence-corrected chi connectivity index (χ1v) is 15.0. The molecule has 0 spiro atoms.